The van der Waals surface area contributed by atoms with Crippen molar-refractivity contribution in [2.75, 3.05) is 13.1 Å². The van der Waals surface area contributed by atoms with Crippen molar-refractivity contribution >= 4 is 18.3 Å². The van der Waals surface area contributed by atoms with Crippen LogP contribution in [0, 0.1) is 4.77 Å². The van der Waals surface area contributed by atoms with Crippen molar-refractivity contribution in [3.05, 3.63) is 26.4 Å². The van der Waals surface area contributed by atoms with Crippen molar-refractivity contribution in [3.63, 3.8) is 0 Å². The zero-order valence-electron chi connectivity index (χ0n) is 14.0. The van der Waals surface area contributed by atoms with E-state index in [2.05, 4.69) is 20.2 Å². The lowest BCUT2D eigenvalue weighted by molar-refractivity contribution is 0.0495. The van der Waals surface area contributed by atoms with Crippen LogP contribution in [0.3, 0.4) is 0 Å². The minimum absolute atomic E-state index is 0.0762. The molecular formula is C15H24N4O3S. The molecular weight excluding hydrogens is 316 g/mol. The van der Waals surface area contributed by atoms with Crippen molar-refractivity contribution in [2.24, 2.45) is 0 Å². The van der Waals surface area contributed by atoms with Crippen molar-refractivity contribution < 1.29 is 9.53 Å². The van der Waals surface area contributed by atoms with Crippen LogP contribution in [0.1, 0.15) is 39.0 Å². The fourth-order valence-corrected chi connectivity index (χ4v) is 2.83. The number of aromatic amines is 2. The highest BCUT2D eigenvalue weighted by atomic mass is 32.1. The maximum atomic E-state index is 12.0. The summed E-state index contributed by atoms with van der Waals surface area (Å²) in [6.45, 7) is 9.40. The number of nitrogens with one attached hydrogen (secondary N) is 3. The van der Waals surface area contributed by atoms with Gasteiger partial charge in [-0.05, 0) is 39.9 Å². The minimum atomic E-state index is -0.515. The van der Waals surface area contributed by atoms with Crippen molar-refractivity contribution in [3.8, 4) is 0 Å². The van der Waals surface area contributed by atoms with Gasteiger partial charge in [-0.15, -0.1) is 0 Å². The number of nitrogens with zero attached hydrogens (tertiary/aromatic N) is 1. The molecule has 0 saturated carbocycles. The molecule has 8 heteroatoms. The molecule has 2 heterocycles. The Labute approximate surface area is 140 Å². The van der Waals surface area contributed by atoms with Crippen LogP contribution in [0.25, 0.3) is 0 Å². The zero-order chi connectivity index (χ0) is 17.2. The molecule has 1 unspecified atom stereocenters. The van der Waals surface area contributed by atoms with E-state index in [0.29, 0.717) is 23.4 Å². The number of hydrogen-bond acceptors (Lipinski definition) is 5. The number of amides is 1. The summed E-state index contributed by atoms with van der Waals surface area (Å²) < 4.78 is 5.61. The first kappa shape index (κ1) is 17.7. The second-order valence-corrected chi connectivity index (χ2v) is 7.31. The average Bonchev–Trinajstić information content (AvgIpc) is 2.36. The molecule has 1 aliphatic rings. The van der Waals surface area contributed by atoms with Gasteiger partial charge in [-0.25, -0.2) is 4.79 Å². The lowest BCUT2D eigenvalue weighted by Gasteiger charge is -2.30. The highest BCUT2D eigenvalue weighted by Crippen LogP contribution is 2.13. The third-order valence-electron chi connectivity index (χ3n) is 3.48. The molecule has 1 aromatic rings. The van der Waals surface area contributed by atoms with Crippen LogP contribution in [0.4, 0.5) is 4.79 Å². The van der Waals surface area contributed by atoms with Gasteiger partial charge in [0.25, 0.3) is 5.56 Å². The number of carbonyl (C=O) groups is 1. The molecule has 128 valence electrons. The Morgan fingerprint density at radius 3 is 2.78 bits per heavy atom. The Bertz CT molecular complexity index is 689. The number of H-pyrrole nitrogens is 2. The largest absolute Gasteiger partial charge is 0.444 e. The molecule has 0 aliphatic carbocycles. The summed E-state index contributed by atoms with van der Waals surface area (Å²) in [6, 6.07) is -0.0762. The second-order valence-electron chi connectivity index (χ2n) is 6.90. The minimum Gasteiger partial charge on any atom is -0.444 e. The predicted molar refractivity (Wildman–Crippen MR) is 90.1 cm³/mol. The molecule has 0 spiro atoms. The molecule has 3 N–H and O–H groups in total. The Balaban J connectivity index is 1.93. The van der Waals surface area contributed by atoms with Crippen LogP contribution in [0.2, 0.25) is 0 Å². The van der Waals surface area contributed by atoms with Gasteiger partial charge in [-0.1, -0.05) is 0 Å². The Kier molecular flexibility index (Phi) is 5.26. The van der Waals surface area contributed by atoms with E-state index in [1.165, 1.54) is 0 Å². The quantitative estimate of drug-likeness (QED) is 0.729. The van der Waals surface area contributed by atoms with Gasteiger partial charge in [0.05, 0.1) is 5.56 Å². The Hall–Kier alpha value is -1.67. The Morgan fingerprint density at radius 2 is 2.13 bits per heavy atom. The van der Waals surface area contributed by atoms with E-state index in [1.807, 2.05) is 27.7 Å². The third-order valence-corrected chi connectivity index (χ3v) is 3.69. The normalized spacial score (nSPS) is 16.5. The first-order chi connectivity index (χ1) is 10.6. The van der Waals surface area contributed by atoms with Crippen LogP contribution in [0.15, 0.2) is 4.79 Å². The molecule has 0 fully saturated rings. The van der Waals surface area contributed by atoms with E-state index in [0.717, 1.165) is 18.7 Å². The van der Waals surface area contributed by atoms with Crippen LogP contribution < -0.4 is 10.9 Å². The molecule has 2 rings (SSSR count). The lowest BCUT2D eigenvalue weighted by atomic mass is 10.1. The monoisotopic (exact) mass is 340 g/mol. The van der Waals surface area contributed by atoms with Crippen molar-refractivity contribution in [1.29, 1.82) is 0 Å². The van der Waals surface area contributed by atoms with Crippen LogP contribution in [-0.2, 0) is 17.7 Å². The Morgan fingerprint density at radius 1 is 1.43 bits per heavy atom. The summed E-state index contributed by atoms with van der Waals surface area (Å²) in [4.78, 5) is 31.6. The first-order valence-corrected chi connectivity index (χ1v) is 8.11. The van der Waals surface area contributed by atoms with Gasteiger partial charge in [0.1, 0.15) is 5.60 Å². The number of rotatable bonds is 3. The van der Waals surface area contributed by atoms with Gasteiger partial charge in [0.15, 0.2) is 4.77 Å². The second kappa shape index (κ2) is 6.84. The lowest BCUT2D eigenvalue weighted by Crippen LogP contribution is -2.46. The van der Waals surface area contributed by atoms with Gasteiger partial charge < -0.3 is 15.0 Å². The third kappa shape index (κ3) is 5.18. The van der Waals surface area contributed by atoms with Gasteiger partial charge in [-0.3, -0.25) is 14.7 Å². The van der Waals surface area contributed by atoms with E-state index in [9.17, 15) is 9.59 Å². The number of aromatic nitrogens is 2. The summed E-state index contributed by atoms with van der Waals surface area (Å²) in [5.41, 5.74) is 0.970. The smallest absolute Gasteiger partial charge is 0.407 e. The topological polar surface area (TPSA) is 90.2 Å². The maximum absolute atomic E-state index is 12.0. The van der Waals surface area contributed by atoms with Crippen molar-refractivity contribution in [2.45, 2.75) is 52.3 Å². The number of hydrogen-bond donors (Lipinski definition) is 3. The van der Waals surface area contributed by atoms with E-state index >= 15 is 0 Å². The number of fused-ring (bicyclic) bond motifs is 1. The molecule has 1 atom stereocenters. The van der Waals surface area contributed by atoms with Crippen LogP contribution in [0.5, 0.6) is 0 Å². The van der Waals surface area contributed by atoms with E-state index in [-0.39, 0.29) is 11.6 Å². The predicted octanol–water partition coefficient (Wildman–Crippen LogP) is 1.70. The highest BCUT2D eigenvalue weighted by molar-refractivity contribution is 7.71. The van der Waals surface area contributed by atoms with Gasteiger partial charge in [-0.2, -0.15) is 0 Å². The summed E-state index contributed by atoms with van der Waals surface area (Å²) in [7, 11) is 0. The molecule has 0 saturated heterocycles. The molecule has 0 aromatic carbocycles. The fraction of sp³-hybridized carbons (Fsp3) is 0.667. The molecule has 1 aromatic heterocycles. The number of carbonyl (C=O) groups excluding carboxylic acids is 1. The van der Waals surface area contributed by atoms with Crippen LogP contribution in [-0.4, -0.2) is 45.7 Å². The van der Waals surface area contributed by atoms with E-state index < -0.39 is 11.7 Å². The number of ether oxygens (including phenoxy) is 1. The summed E-state index contributed by atoms with van der Waals surface area (Å²) in [6.07, 6.45) is 0.312. The van der Waals surface area contributed by atoms with Gasteiger partial charge in [0.2, 0.25) is 0 Å². The first-order valence-electron chi connectivity index (χ1n) is 7.70. The van der Waals surface area contributed by atoms with Gasteiger partial charge >= 0.3 is 6.09 Å². The molecule has 23 heavy (non-hydrogen) atoms. The zero-order valence-corrected chi connectivity index (χ0v) is 14.8. The summed E-state index contributed by atoms with van der Waals surface area (Å²) in [5, 5.41) is 2.82. The molecule has 0 bridgehead atoms. The average molecular weight is 340 g/mol. The standard InChI is InChI=1S/C15H24N4O3S/c1-9(16-14(21)22-15(2,3)4)7-19-6-5-11-10(8-19)12(20)18-13(23)17-11/h9H,5-8H2,1-4H3,(H,16,21)(H2,17,18,20,23). The molecule has 0 radical (unpaired) electrons. The van der Waals surface area contributed by atoms with E-state index in [1.54, 1.807) is 0 Å². The molecule has 1 aliphatic heterocycles. The van der Waals surface area contributed by atoms with Crippen LogP contribution >= 0.6 is 12.2 Å². The summed E-state index contributed by atoms with van der Waals surface area (Å²) in [5.74, 6) is 0. The fourth-order valence-electron chi connectivity index (χ4n) is 2.61. The van der Waals surface area contributed by atoms with Gasteiger partial charge in [0, 0.05) is 37.8 Å². The summed E-state index contributed by atoms with van der Waals surface area (Å²) >= 11 is 4.99. The van der Waals surface area contributed by atoms with E-state index in [4.69, 9.17) is 17.0 Å². The number of alkyl carbamates (subject to hydrolysis) is 1. The molecule has 7 nitrogen and oxygen atoms in total. The highest BCUT2D eigenvalue weighted by Gasteiger charge is 2.23. The SMILES string of the molecule is CC(CN1CCc2[nH]c(=S)[nH]c(=O)c2C1)NC(=O)OC(C)(C)C. The van der Waals surface area contributed by atoms with Crippen molar-refractivity contribution in [1.82, 2.24) is 20.2 Å². The maximum Gasteiger partial charge on any atom is 0.407 e. The molecule has 1 amide bonds.